The van der Waals surface area contributed by atoms with Crippen molar-refractivity contribution in [3.63, 3.8) is 0 Å². The molecule has 0 aliphatic rings. The molecule has 0 atom stereocenters. The van der Waals surface area contributed by atoms with Gasteiger partial charge in [-0.2, -0.15) is 5.10 Å². The van der Waals surface area contributed by atoms with Crippen LogP contribution in [0.15, 0.2) is 6.07 Å². The smallest absolute Gasteiger partial charge is 0.0902 e. The van der Waals surface area contributed by atoms with Crippen LogP contribution in [0, 0.1) is 6.92 Å². The van der Waals surface area contributed by atoms with E-state index in [1.165, 1.54) is 0 Å². The molecule has 3 heteroatoms. The van der Waals surface area contributed by atoms with Gasteiger partial charge in [-0.25, -0.2) is 0 Å². The molecule has 1 rings (SSSR count). The summed E-state index contributed by atoms with van der Waals surface area (Å²) in [6, 6.07) is 2.02. The summed E-state index contributed by atoms with van der Waals surface area (Å²) < 4.78 is 6.76. The molecular formula is C7H12N2O. The summed E-state index contributed by atoms with van der Waals surface area (Å²) in [5.41, 5.74) is 2.15. The van der Waals surface area contributed by atoms with Crippen molar-refractivity contribution in [2.75, 3.05) is 7.11 Å². The van der Waals surface area contributed by atoms with Crippen molar-refractivity contribution in [3.05, 3.63) is 17.5 Å². The number of aryl methyl sites for hydroxylation is 2. The minimum absolute atomic E-state index is 0.599. The third-order valence-corrected chi connectivity index (χ3v) is 1.46. The second kappa shape index (κ2) is 2.84. The number of methoxy groups -OCH3 is 1. The van der Waals surface area contributed by atoms with Crippen LogP contribution in [0.1, 0.15) is 11.4 Å². The Morgan fingerprint density at radius 1 is 1.70 bits per heavy atom. The first-order chi connectivity index (χ1) is 4.74. The first kappa shape index (κ1) is 7.28. The number of hydrogen-bond donors (Lipinski definition) is 0. The molecule has 0 unspecified atom stereocenters. The summed E-state index contributed by atoms with van der Waals surface area (Å²) in [7, 11) is 3.60. The number of rotatable bonds is 2. The van der Waals surface area contributed by atoms with Crippen LogP contribution in [0.2, 0.25) is 0 Å². The molecule has 0 saturated heterocycles. The highest BCUT2D eigenvalue weighted by molar-refractivity contribution is 5.06. The molecule has 0 spiro atoms. The third-order valence-electron chi connectivity index (χ3n) is 1.46. The zero-order valence-electron chi connectivity index (χ0n) is 6.59. The van der Waals surface area contributed by atoms with E-state index in [0.29, 0.717) is 6.61 Å². The third kappa shape index (κ3) is 1.36. The molecule has 1 aromatic heterocycles. The molecule has 0 aromatic carbocycles. The fraction of sp³-hybridized carbons (Fsp3) is 0.571. The summed E-state index contributed by atoms with van der Waals surface area (Å²) >= 11 is 0. The van der Waals surface area contributed by atoms with Gasteiger partial charge in [-0.1, -0.05) is 0 Å². The summed E-state index contributed by atoms with van der Waals surface area (Å²) in [4.78, 5) is 0. The fourth-order valence-electron chi connectivity index (χ4n) is 0.853. The molecule has 0 aliphatic carbocycles. The van der Waals surface area contributed by atoms with E-state index < -0.39 is 0 Å². The Morgan fingerprint density at radius 3 is 2.80 bits per heavy atom. The first-order valence-electron chi connectivity index (χ1n) is 3.22. The molecule has 1 aromatic rings. The monoisotopic (exact) mass is 140 g/mol. The van der Waals surface area contributed by atoms with Crippen molar-refractivity contribution >= 4 is 0 Å². The van der Waals surface area contributed by atoms with Crippen LogP contribution in [0.25, 0.3) is 0 Å². The lowest BCUT2D eigenvalue weighted by atomic mass is 10.4. The number of hydrogen-bond acceptors (Lipinski definition) is 2. The second-order valence-corrected chi connectivity index (χ2v) is 2.33. The molecule has 10 heavy (non-hydrogen) atoms. The van der Waals surface area contributed by atoms with Crippen LogP contribution < -0.4 is 0 Å². The number of nitrogens with zero attached hydrogens (tertiary/aromatic N) is 2. The van der Waals surface area contributed by atoms with E-state index in [2.05, 4.69) is 5.10 Å². The van der Waals surface area contributed by atoms with Gasteiger partial charge in [0.25, 0.3) is 0 Å². The van der Waals surface area contributed by atoms with Crippen LogP contribution >= 0.6 is 0 Å². The normalized spacial score (nSPS) is 10.3. The maximum atomic E-state index is 4.92. The number of aromatic nitrogens is 2. The van der Waals surface area contributed by atoms with E-state index in [4.69, 9.17) is 4.74 Å². The molecule has 56 valence electrons. The Bertz CT molecular complexity index is 198. The molecule has 1 heterocycles. The van der Waals surface area contributed by atoms with Crippen LogP contribution in [-0.4, -0.2) is 16.9 Å². The quantitative estimate of drug-likeness (QED) is 0.609. The van der Waals surface area contributed by atoms with Crippen molar-refractivity contribution in [2.24, 2.45) is 7.05 Å². The van der Waals surface area contributed by atoms with Gasteiger partial charge in [0.15, 0.2) is 0 Å². The molecule has 0 fully saturated rings. The van der Waals surface area contributed by atoms with Gasteiger partial charge in [-0.05, 0) is 13.0 Å². The van der Waals surface area contributed by atoms with Crippen LogP contribution in [-0.2, 0) is 18.4 Å². The summed E-state index contributed by atoms with van der Waals surface area (Å²) in [5.74, 6) is 0. The SMILES string of the molecule is COCc1cc(C)n(C)n1. The highest BCUT2D eigenvalue weighted by Crippen LogP contribution is 2.01. The van der Waals surface area contributed by atoms with Gasteiger partial charge in [0, 0.05) is 19.9 Å². The molecule has 0 bridgehead atoms. The van der Waals surface area contributed by atoms with Crippen LogP contribution in [0.4, 0.5) is 0 Å². The standard InChI is InChI=1S/C7H12N2O/c1-6-4-7(5-10-3)8-9(6)2/h4H,5H2,1-3H3. The summed E-state index contributed by atoms with van der Waals surface area (Å²) in [5, 5.41) is 4.19. The maximum Gasteiger partial charge on any atom is 0.0902 e. The number of ether oxygens (including phenoxy) is 1. The summed E-state index contributed by atoms with van der Waals surface area (Å²) in [6.07, 6.45) is 0. The molecule has 3 nitrogen and oxygen atoms in total. The molecule has 0 radical (unpaired) electrons. The van der Waals surface area contributed by atoms with Gasteiger partial charge in [0.05, 0.1) is 12.3 Å². The molecule has 0 N–H and O–H groups in total. The van der Waals surface area contributed by atoms with E-state index in [-0.39, 0.29) is 0 Å². The first-order valence-corrected chi connectivity index (χ1v) is 3.22. The van der Waals surface area contributed by atoms with Crippen molar-refractivity contribution in [3.8, 4) is 0 Å². The molecular weight excluding hydrogens is 128 g/mol. The minimum Gasteiger partial charge on any atom is -0.378 e. The van der Waals surface area contributed by atoms with E-state index >= 15 is 0 Å². The maximum absolute atomic E-state index is 4.92. The molecule has 0 aliphatic heterocycles. The van der Waals surface area contributed by atoms with Crippen molar-refractivity contribution in [2.45, 2.75) is 13.5 Å². The van der Waals surface area contributed by atoms with Gasteiger partial charge in [-0.3, -0.25) is 4.68 Å². The highest BCUT2D eigenvalue weighted by atomic mass is 16.5. The summed E-state index contributed by atoms with van der Waals surface area (Å²) in [6.45, 7) is 2.62. The predicted molar refractivity (Wildman–Crippen MR) is 38.7 cm³/mol. The Balaban J connectivity index is 2.77. The predicted octanol–water partition coefficient (Wildman–Crippen LogP) is 0.875. The Morgan fingerprint density at radius 2 is 2.40 bits per heavy atom. The largest absolute Gasteiger partial charge is 0.378 e. The van der Waals surface area contributed by atoms with Crippen molar-refractivity contribution < 1.29 is 4.74 Å². The highest BCUT2D eigenvalue weighted by Gasteiger charge is 1.98. The zero-order chi connectivity index (χ0) is 7.56. The lowest BCUT2D eigenvalue weighted by molar-refractivity contribution is 0.181. The average molecular weight is 140 g/mol. The van der Waals surface area contributed by atoms with E-state index in [0.717, 1.165) is 11.4 Å². The lowest BCUT2D eigenvalue weighted by Gasteiger charge is -1.90. The second-order valence-electron chi connectivity index (χ2n) is 2.33. The van der Waals surface area contributed by atoms with Crippen molar-refractivity contribution in [1.82, 2.24) is 9.78 Å². The van der Waals surface area contributed by atoms with Gasteiger partial charge < -0.3 is 4.74 Å². The zero-order valence-corrected chi connectivity index (χ0v) is 6.59. The molecule has 0 amide bonds. The van der Waals surface area contributed by atoms with E-state index in [1.54, 1.807) is 7.11 Å². The van der Waals surface area contributed by atoms with Crippen LogP contribution in [0.3, 0.4) is 0 Å². The van der Waals surface area contributed by atoms with Gasteiger partial charge >= 0.3 is 0 Å². The molecule has 0 saturated carbocycles. The Hall–Kier alpha value is -0.830. The van der Waals surface area contributed by atoms with Gasteiger partial charge in [-0.15, -0.1) is 0 Å². The minimum atomic E-state index is 0.599. The van der Waals surface area contributed by atoms with Crippen LogP contribution in [0.5, 0.6) is 0 Å². The van der Waals surface area contributed by atoms with E-state index in [9.17, 15) is 0 Å². The lowest BCUT2D eigenvalue weighted by Crippen LogP contribution is -1.94. The van der Waals surface area contributed by atoms with E-state index in [1.807, 2.05) is 24.7 Å². The fourth-order valence-corrected chi connectivity index (χ4v) is 0.853. The topological polar surface area (TPSA) is 27.1 Å². The Kier molecular flexibility index (Phi) is 2.06. The van der Waals surface area contributed by atoms with Gasteiger partial charge in [0.2, 0.25) is 0 Å². The van der Waals surface area contributed by atoms with Crippen molar-refractivity contribution in [1.29, 1.82) is 0 Å². The average Bonchev–Trinajstić information content (AvgIpc) is 2.14. The van der Waals surface area contributed by atoms with Gasteiger partial charge in [0.1, 0.15) is 0 Å². The Labute approximate surface area is 60.6 Å².